The van der Waals surface area contributed by atoms with Crippen molar-refractivity contribution in [2.75, 3.05) is 13.1 Å². The van der Waals surface area contributed by atoms with Gasteiger partial charge >= 0.3 is 0 Å². The first-order valence-corrected chi connectivity index (χ1v) is 9.86. The molecule has 2 aromatic rings. The zero-order valence-corrected chi connectivity index (χ0v) is 15.6. The maximum absolute atomic E-state index is 10.4. The van der Waals surface area contributed by atoms with Crippen LogP contribution in [0.5, 0.6) is 0 Å². The Balaban J connectivity index is 1.33. The van der Waals surface area contributed by atoms with Crippen LogP contribution in [-0.4, -0.2) is 38.9 Å². The highest BCUT2D eigenvalue weighted by Gasteiger charge is 2.26. The van der Waals surface area contributed by atoms with Gasteiger partial charge in [0.25, 0.3) is 0 Å². The zero-order valence-electron chi connectivity index (χ0n) is 15.6. The molecule has 0 amide bonds. The quantitative estimate of drug-likeness (QED) is 0.892. The van der Waals surface area contributed by atoms with E-state index in [-0.39, 0.29) is 0 Å². The van der Waals surface area contributed by atoms with E-state index in [0.29, 0.717) is 6.42 Å². The summed E-state index contributed by atoms with van der Waals surface area (Å²) >= 11 is 0. The van der Waals surface area contributed by atoms with Crippen LogP contribution >= 0.6 is 0 Å². The van der Waals surface area contributed by atoms with Crippen LogP contribution in [0.4, 0.5) is 0 Å². The summed E-state index contributed by atoms with van der Waals surface area (Å²) in [6, 6.07) is 9.24. The van der Waals surface area contributed by atoms with Gasteiger partial charge in [0.1, 0.15) is 0 Å². The van der Waals surface area contributed by atoms with Crippen molar-refractivity contribution in [3.8, 4) is 0 Å². The number of hydrogen-bond acceptors (Lipinski definition) is 3. The molecule has 1 atom stereocenters. The Kier molecular flexibility index (Phi) is 5.23. The first kappa shape index (κ1) is 17.5. The molecule has 1 aliphatic heterocycles. The molecule has 0 bridgehead atoms. The molecule has 0 spiro atoms. The Morgan fingerprint density at radius 1 is 1.19 bits per heavy atom. The van der Waals surface area contributed by atoms with E-state index in [2.05, 4.69) is 40.3 Å². The molecule has 1 N–H and O–H groups in total. The molecular weight excluding hydrogens is 322 g/mol. The Morgan fingerprint density at radius 3 is 2.50 bits per heavy atom. The van der Waals surface area contributed by atoms with Crippen LogP contribution in [0.25, 0.3) is 6.08 Å². The summed E-state index contributed by atoms with van der Waals surface area (Å²) in [5, 5.41) is 14.6. The lowest BCUT2D eigenvalue weighted by Crippen LogP contribution is -2.43. The fourth-order valence-corrected chi connectivity index (χ4v) is 4.04. The molecule has 0 radical (unpaired) electrons. The largest absolute Gasteiger partial charge is 0.388 e. The number of rotatable bonds is 5. The molecule has 1 aliphatic carbocycles. The second-order valence-corrected chi connectivity index (χ2v) is 7.83. The first-order valence-electron chi connectivity index (χ1n) is 9.86. The molecular formula is C22H29N3O. The first-order chi connectivity index (χ1) is 12.7. The van der Waals surface area contributed by atoms with Crippen molar-refractivity contribution >= 4 is 6.08 Å². The molecule has 2 aliphatic rings. The molecule has 138 valence electrons. The van der Waals surface area contributed by atoms with E-state index >= 15 is 0 Å². The van der Waals surface area contributed by atoms with Crippen LogP contribution in [0.1, 0.15) is 54.9 Å². The predicted molar refractivity (Wildman–Crippen MR) is 105 cm³/mol. The summed E-state index contributed by atoms with van der Waals surface area (Å²) in [5.41, 5.74) is 4.83. The fourth-order valence-electron chi connectivity index (χ4n) is 4.04. The minimum atomic E-state index is -0.480. The van der Waals surface area contributed by atoms with Gasteiger partial charge in [-0.05, 0) is 42.4 Å². The summed E-state index contributed by atoms with van der Waals surface area (Å²) in [6.07, 6.45) is 12.9. The third-order valence-corrected chi connectivity index (χ3v) is 5.91. The number of hydrogen-bond donors (Lipinski definition) is 1. The van der Waals surface area contributed by atoms with E-state index in [1.165, 1.54) is 50.8 Å². The van der Waals surface area contributed by atoms with Gasteiger partial charge in [-0.15, -0.1) is 0 Å². The summed E-state index contributed by atoms with van der Waals surface area (Å²) < 4.78 is 1.77. The van der Waals surface area contributed by atoms with Crippen LogP contribution in [0.3, 0.4) is 0 Å². The topological polar surface area (TPSA) is 41.3 Å². The maximum atomic E-state index is 10.4. The van der Waals surface area contributed by atoms with Gasteiger partial charge in [-0.1, -0.05) is 42.3 Å². The summed E-state index contributed by atoms with van der Waals surface area (Å²) in [7, 11) is 1.90. The maximum Gasteiger partial charge on any atom is 0.0831 e. The molecule has 1 saturated heterocycles. The standard InChI is InChI=1S/C22H29N3O/c1-24-16-19(15-23-24)14-22(26)20-7-5-17(6-8-20)13-18-9-11-25(12-10-18)21-3-2-4-21/h5-8,13,15-16,21-22,26H,2-4,9-12,14H2,1H3. The summed E-state index contributed by atoms with van der Waals surface area (Å²) in [5.74, 6) is 0. The minimum absolute atomic E-state index is 0.480. The molecule has 4 rings (SSSR count). The van der Waals surface area contributed by atoms with E-state index in [1.54, 1.807) is 10.3 Å². The summed E-state index contributed by atoms with van der Waals surface area (Å²) in [6.45, 7) is 2.44. The lowest BCUT2D eigenvalue weighted by atomic mass is 9.89. The van der Waals surface area contributed by atoms with Gasteiger partial charge in [-0.2, -0.15) is 5.10 Å². The van der Waals surface area contributed by atoms with E-state index in [1.807, 2.05) is 19.4 Å². The second kappa shape index (κ2) is 7.77. The highest BCUT2D eigenvalue weighted by Crippen LogP contribution is 2.29. The minimum Gasteiger partial charge on any atom is -0.388 e. The van der Waals surface area contributed by atoms with Crippen molar-refractivity contribution in [3.05, 3.63) is 58.9 Å². The van der Waals surface area contributed by atoms with Gasteiger partial charge in [0, 0.05) is 38.8 Å². The van der Waals surface area contributed by atoms with Gasteiger partial charge in [-0.3, -0.25) is 9.58 Å². The van der Waals surface area contributed by atoms with Crippen molar-refractivity contribution < 1.29 is 5.11 Å². The van der Waals surface area contributed by atoms with Gasteiger partial charge in [-0.25, -0.2) is 0 Å². The number of benzene rings is 1. The van der Waals surface area contributed by atoms with Crippen molar-refractivity contribution in [1.82, 2.24) is 14.7 Å². The molecule has 1 aromatic carbocycles. The summed E-state index contributed by atoms with van der Waals surface area (Å²) in [4.78, 5) is 2.68. The van der Waals surface area contributed by atoms with E-state index in [4.69, 9.17) is 0 Å². The molecule has 26 heavy (non-hydrogen) atoms. The SMILES string of the molecule is Cn1cc(CC(O)c2ccc(C=C3CCN(C4CCC4)CC3)cc2)cn1. The van der Waals surface area contributed by atoms with Gasteiger partial charge in [0.2, 0.25) is 0 Å². The van der Waals surface area contributed by atoms with Gasteiger partial charge in [0.05, 0.1) is 12.3 Å². The Hall–Kier alpha value is -1.91. The smallest absolute Gasteiger partial charge is 0.0831 e. The number of aliphatic hydroxyl groups is 1. The molecule has 1 aromatic heterocycles. The average molecular weight is 351 g/mol. The molecule has 2 heterocycles. The molecule has 2 fully saturated rings. The number of aromatic nitrogens is 2. The molecule has 4 heteroatoms. The van der Waals surface area contributed by atoms with Crippen molar-refractivity contribution in [1.29, 1.82) is 0 Å². The number of piperidine rings is 1. The van der Waals surface area contributed by atoms with Gasteiger partial charge < -0.3 is 5.11 Å². The number of aliphatic hydroxyl groups excluding tert-OH is 1. The third-order valence-electron chi connectivity index (χ3n) is 5.91. The highest BCUT2D eigenvalue weighted by atomic mass is 16.3. The molecule has 1 saturated carbocycles. The average Bonchev–Trinajstić information content (AvgIpc) is 3.00. The normalized spacial score (nSPS) is 20.0. The third kappa shape index (κ3) is 4.08. The van der Waals surface area contributed by atoms with Crippen molar-refractivity contribution in [3.63, 3.8) is 0 Å². The predicted octanol–water partition coefficient (Wildman–Crippen LogP) is 3.73. The van der Waals surface area contributed by atoms with Crippen molar-refractivity contribution in [2.24, 2.45) is 7.05 Å². The van der Waals surface area contributed by atoms with Crippen LogP contribution in [0.15, 0.2) is 42.2 Å². The molecule has 4 nitrogen and oxygen atoms in total. The van der Waals surface area contributed by atoms with Crippen LogP contribution in [-0.2, 0) is 13.5 Å². The monoisotopic (exact) mass is 351 g/mol. The number of aryl methyl sites for hydroxylation is 1. The Labute approximate surface area is 156 Å². The fraction of sp³-hybridized carbons (Fsp3) is 0.500. The van der Waals surface area contributed by atoms with E-state index in [0.717, 1.165) is 17.2 Å². The number of nitrogens with zero attached hydrogens (tertiary/aromatic N) is 3. The van der Waals surface area contributed by atoms with E-state index in [9.17, 15) is 5.11 Å². The van der Waals surface area contributed by atoms with Crippen LogP contribution in [0, 0.1) is 0 Å². The second-order valence-electron chi connectivity index (χ2n) is 7.83. The lowest BCUT2D eigenvalue weighted by molar-refractivity contribution is 0.118. The highest BCUT2D eigenvalue weighted by molar-refractivity contribution is 5.53. The van der Waals surface area contributed by atoms with E-state index < -0.39 is 6.10 Å². The lowest BCUT2D eigenvalue weighted by Gasteiger charge is -2.40. The zero-order chi connectivity index (χ0) is 17.9. The van der Waals surface area contributed by atoms with Gasteiger partial charge in [0.15, 0.2) is 0 Å². The van der Waals surface area contributed by atoms with Crippen LogP contribution in [0.2, 0.25) is 0 Å². The Morgan fingerprint density at radius 2 is 1.92 bits per heavy atom. The Bertz CT molecular complexity index is 748. The van der Waals surface area contributed by atoms with Crippen molar-refractivity contribution in [2.45, 2.75) is 50.7 Å². The number of likely N-dealkylation sites (tertiary alicyclic amines) is 1. The van der Waals surface area contributed by atoms with Crippen LogP contribution < -0.4 is 0 Å². The molecule has 1 unspecified atom stereocenters.